The molecule has 0 aromatic rings. The normalized spacial score (nSPS) is 37.7. The predicted octanol–water partition coefficient (Wildman–Crippen LogP) is -8.34. The monoisotopic (exact) mass is 376 g/mol. The van der Waals surface area contributed by atoms with E-state index in [9.17, 15) is 30.3 Å². The Balaban J connectivity index is 0.00000288. The average Bonchev–Trinajstić information content (AvgIpc) is 2.82. The number of aliphatic hydroxyl groups excluding tert-OH is 6. The molecular formula is C12H17KO11. The van der Waals surface area contributed by atoms with Gasteiger partial charge in [-0.2, -0.15) is 0 Å². The second-order valence-corrected chi connectivity index (χ2v) is 5.08. The van der Waals surface area contributed by atoms with E-state index in [-0.39, 0.29) is 51.4 Å². The number of rotatable bonds is 5. The molecule has 2 aliphatic heterocycles. The van der Waals surface area contributed by atoms with Crippen molar-refractivity contribution in [2.24, 2.45) is 0 Å². The van der Waals surface area contributed by atoms with Crippen molar-refractivity contribution in [2.45, 2.75) is 42.9 Å². The molecule has 0 unspecified atom stereocenters. The summed E-state index contributed by atoms with van der Waals surface area (Å²) in [6.45, 7) is -1.55. The third-order valence-electron chi connectivity index (χ3n) is 3.52. The smallest absolute Gasteiger partial charge is 0.870 e. The summed E-state index contributed by atoms with van der Waals surface area (Å²) in [5, 5.41) is 68.1. The molecule has 1 fully saturated rings. The van der Waals surface area contributed by atoms with Crippen molar-refractivity contribution >= 4 is 5.97 Å². The maximum absolute atomic E-state index is 11.9. The molecule has 0 aliphatic carbocycles. The number of ether oxygens (including phenoxy) is 3. The Bertz CT molecular complexity index is 482. The van der Waals surface area contributed by atoms with Crippen LogP contribution >= 0.6 is 0 Å². The minimum atomic E-state index is -1.82. The third kappa shape index (κ3) is 4.28. The molecule has 2 aliphatic rings. The van der Waals surface area contributed by atoms with Crippen LogP contribution < -0.4 is 56.5 Å². The van der Waals surface area contributed by atoms with Crippen molar-refractivity contribution in [1.29, 1.82) is 0 Å². The molecule has 0 bridgehead atoms. The number of aliphatic hydroxyl groups is 6. The Hall–Kier alpha value is 0.166. The molecule has 24 heavy (non-hydrogen) atoms. The Morgan fingerprint density at radius 1 is 1.17 bits per heavy atom. The largest absolute Gasteiger partial charge is 1.00 e. The van der Waals surface area contributed by atoms with Gasteiger partial charge in [-0.05, 0) is 5.76 Å². The van der Waals surface area contributed by atoms with E-state index >= 15 is 0 Å². The molecule has 132 valence electrons. The van der Waals surface area contributed by atoms with E-state index < -0.39 is 73.6 Å². The van der Waals surface area contributed by atoms with Gasteiger partial charge in [-0.3, -0.25) is 0 Å². The van der Waals surface area contributed by atoms with Crippen LogP contribution in [0.1, 0.15) is 0 Å². The number of carbonyl (C=O) groups excluding carboxylic acids is 1. The number of esters is 1. The Morgan fingerprint density at radius 3 is 2.33 bits per heavy atom. The van der Waals surface area contributed by atoms with Gasteiger partial charge in [-0.1, -0.05) is 0 Å². The summed E-state index contributed by atoms with van der Waals surface area (Å²) in [6, 6.07) is 0. The fourth-order valence-corrected chi connectivity index (χ4v) is 2.19. The van der Waals surface area contributed by atoms with Gasteiger partial charge >= 0.3 is 57.4 Å². The zero-order valence-corrected chi connectivity index (χ0v) is 15.8. The SMILES string of the molecule is O=C1O[C@H]([C@@H](O)CO)C([O-])=C1O[C@H]1O[C@H](CO)[C@@H](O)[C@H](O)[C@H]1O.[K+]. The van der Waals surface area contributed by atoms with E-state index in [1.807, 2.05) is 0 Å². The van der Waals surface area contributed by atoms with Gasteiger partial charge in [0.15, 0.2) is 5.76 Å². The molecule has 0 aromatic heterocycles. The van der Waals surface area contributed by atoms with Gasteiger partial charge in [0.05, 0.1) is 13.2 Å². The van der Waals surface area contributed by atoms with Crippen molar-refractivity contribution in [3.05, 3.63) is 11.5 Å². The van der Waals surface area contributed by atoms with Crippen LogP contribution in [0.5, 0.6) is 0 Å². The Morgan fingerprint density at radius 2 is 1.79 bits per heavy atom. The number of hydrogen-bond acceptors (Lipinski definition) is 11. The maximum atomic E-state index is 11.9. The third-order valence-corrected chi connectivity index (χ3v) is 3.52. The fourth-order valence-electron chi connectivity index (χ4n) is 2.19. The van der Waals surface area contributed by atoms with Crippen LogP contribution in [0.25, 0.3) is 0 Å². The average molecular weight is 376 g/mol. The molecule has 0 saturated carbocycles. The van der Waals surface area contributed by atoms with Crippen LogP contribution in [-0.4, -0.2) is 92.7 Å². The predicted molar refractivity (Wildman–Crippen MR) is 64.9 cm³/mol. The van der Waals surface area contributed by atoms with Gasteiger partial charge in [-0.25, -0.2) is 4.79 Å². The Kier molecular flexibility index (Phi) is 8.52. The van der Waals surface area contributed by atoms with Gasteiger partial charge in [-0.15, -0.1) is 0 Å². The number of cyclic esters (lactones) is 1. The van der Waals surface area contributed by atoms with E-state index in [0.717, 1.165) is 0 Å². The summed E-state index contributed by atoms with van der Waals surface area (Å²) < 4.78 is 14.5. The minimum Gasteiger partial charge on any atom is -0.870 e. The van der Waals surface area contributed by atoms with Crippen molar-refractivity contribution in [2.75, 3.05) is 13.2 Å². The van der Waals surface area contributed by atoms with Crippen LogP contribution in [0.4, 0.5) is 0 Å². The molecule has 11 nitrogen and oxygen atoms in total. The van der Waals surface area contributed by atoms with Gasteiger partial charge in [0, 0.05) is 0 Å². The summed E-state index contributed by atoms with van der Waals surface area (Å²) >= 11 is 0. The van der Waals surface area contributed by atoms with E-state index in [0.29, 0.717) is 0 Å². The second kappa shape index (κ2) is 9.20. The van der Waals surface area contributed by atoms with E-state index in [1.54, 1.807) is 0 Å². The minimum absolute atomic E-state index is 0. The maximum Gasteiger partial charge on any atom is 1.00 e. The zero-order chi connectivity index (χ0) is 17.3. The molecule has 2 heterocycles. The number of hydrogen-bond donors (Lipinski definition) is 6. The van der Waals surface area contributed by atoms with Crippen LogP contribution in [0.3, 0.4) is 0 Å². The first-order valence-corrected chi connectivity index (χ1v) is 6.70. The first-order valence-electron chi connectivity index (χ1n) is 6.70. The number of carbonyl (C=O) groups is 1. The van der Waals surface area contributed by atoms with Crippen LogP contribution in [0, 0.1) is 0 Å². The fraction of sp³-hybridized carbons (Fsp3) is 0.750. The van der Waals surface area contributed by atoms with Crippen LogP contribution in [0.15, 0.2) is 11.5 Å². The summed E-state index contributed by atoms with van der Waals surface area (Å²) in [7, 11) is 0. The van der Waals surface area contributed by atoms with Gasteiger partial charge in [0.1, 0.15) is 36.6 Å². The molecule has 0 radical (unpaired) electrons. The van der Waals surface area contributed by atoms with Crippen LogP contribution in [-0.2, 0) is 19.0 Å². The molecule has 0 aromatic carbocycles. The molecule has 2 rings (SSSR count). The molecule has 7 atom stereocenters. The van der Waals surface area contributed by atoms with Crippen molar-refractivity contribution in [3.8, 4) is 0 Å². The summed E-state index contributed by atoms with van der Waals surface area (Å²) in [6.07, 6.45) is -11.5. The first kappa shape index (κ1) is 22.2. The summed E-state index contributed by atoms with van der Waals surface area (Å²) in [5.41, 5.74) is 0. The second-order valence-electron chi connectivity index (χ2n) is 5.08. The molecular weight excluding hydrogens is 359 g/mol. The molecule has 0 amide bonds. The van der Waals surface area contributed by atoms with Crippen LogP contribution in [0.2, 0.25) is 0 Å². The van der Waals surface area contributed by atoms with E-state index in [2.05, 4.69) is 4.74 Å². The molecule has 1 saturated heterocycles. The molecule has 12 heteroatoms. The summed E-state index contributed by atoms with van der Waals surface area (Å²) in [4.78, 5) is 11.6. The topological polar surface area (TPSA) is 189 Å². The standard InChI is InChI=1S/C12H18O11.K/c13-1-3(15)9-8(19)10(11(20)22-9)23-12-7(18)6(17)5(16)4(2-14)21-12;/h3-7,9,12-19H,1-2H2;/q;+1/p-1/t3-,4+,5+,6-,7+,9+,12+;/m0./s1. The van der Waals surface area contributed by atoms with E-state index in [4.69, 9.17) is 19.7 Å². The van der Waals surface area contributed by atoms with E-state index in [1.165, 1.54) is 0 Å². The van der Waals surface area contributed by atoms with Gasteiger partial charge in [0.25, 0.3) is 0 Å². The van der Waals surface area contributed by atoms with Gasteiger partial charge in [0.2, 0.25) is 6.29 Å². The van der Waals surface area contributed by atoms with Crippen molar-refractivity contribution in [3.63, 3.8) is 0 Å². The van der Waals surface area contributed by atoms with Crippen molar-refractivity contribution in [1.82, 2.24) is 0 Å². The van der Waals surface area contributed by atoms with Crippen molar-refractivity contribution < 1.29 is 106 Å². The summed E-state index contributed by atoms with van der Waals surface area (Å²) in [5.74, 6) is -3.22. The molecule has 6 N–H and O–H groups in total. The first-order chi connectivity index (χ1) is 10.8. The zero-order valence-electron chi connectivity index (χ0n) is 12.7. The quantitative estimate of drug-likeness (QED) is 0.197. The Labute approximate surface area is 178 Å². The van der Waals surface area contributed by atoms with Gasteiger partial charge < -0.3 is 50.0 Å². The molecule has 0 spiro atoms.